The highest BCUT2D eigenvalue weighted by atomic mass is 16.7. The molecule has 0 aromatic rings. The van der Waals surface area contributed by atoms with Crippen LogP contribution in [0.25, 0.3) is 0 Å². The zero-order valence-electron chi connectivity index (χ0n) is 27.8. The van der Waals surface area contributed by atoms with Gasteiger partial charge in [0.25, 0.3) is 0 Å². The standard InChI is InChI=1S/C33H64O11/c1-2-3-4-5-6-7-8-9-10-13-32(34)42-30-28-40-26-24-38-22-20-36-18-16-35-17-19-37-21-23-39-25-27-41-29-31-44-33-14-11-12-15-43-33/h33H,2-31H2,1H3. The van der Waals surface area contributed by atoms with Gasteiger partial charge in [0.15, 0.2) is 6.29 Å². The average molecular weight is 637 g/mol. The van der Waals surface area contributed by atoms with Crippen molar-refractivity contribution in [3.8, 4) is 0 Å². The summed E-state index contributed by atoms with van der Waals surface area (Å²) in [7, 11) is 0. The molecule has 0 bridgehead atoms. The van der Waals surface area contributed by atoms with E-state index in [0.29, 0.717) is 112 Å². The Kier molecular flexibility index (Phi) is 32.7. The van der Waals surface area contributed by atoms with Crippen LogP contribution in [0.15, 0.2) is 0 Å². The summed E-state index contributed by atoms with van der Waals surface area (Å²) < 4.78 is 54.7. The number of carbonyl (C=O) groups is 1. The molecule has 1 aliphatic rings. The molecule has 0 aromatic heterocycles. The maximum atomic E-state index is 11.8. The summed E-state index contributed by atoms with van der Waals surface area (Å²) in [6.07, 6.45) is 14.8. The zero-order valence-corrected chi connectivity index (χ0v) is 27.8. The summed E-state index contributed by atoms with van der Waals surface area (Å²) in [6.45, 7) is 10.9. The second kappa shape index (κ2) is 35.0. The minimum atomic E-state index is -0.133. The lowest BCUT2D eigenvalue weighted by Crippen LogP contribution is -2.24. The predicted molar refractivity (Wildman–Crippen MR) is 168 cm³/mol. The van der Waals surface area contributed by atoms with Gasteiger partial charge in [0, 0.05) is 13.0 Å². The SMILES string of the molecule is CCCCCCCCCCCC(=O)OCCOCCOCCOCCOCCOCCOCCOCCOC1CCCCO1. The number of ether oxygens (including phenoxy) is 10. The van der Waals surface area contributed by atoms with Crippen LogP contribution < -0.4 is 0 Å². The molecule has 1 rings (SSSR count). The van der Waals surface area contributed by atoms with Gasteiger partial charge in [-0.3, -0.25) is 4.79 Å². The molecule has 1 aliphatic heterocycles. The van der Waals surface area contributed by atoms with Crippen LogP contribution in [0, 0.1) is 0 Å². The van der Waals surface area contributed by atoms with E-state index in [4.69, 9.17) is 47.4 Å². The molecule has 1 fully saturated rings. The van der Waals surface area contributed by atoms with E-state index in [1.165, 1.54) is 51.4 Å². The van der Waals surface area contributed by atoms with Crippen LogP contribution in [0.1, 0.15) is 90.4 Å². The van der Waals surface area contributed by atoms with E-state index in [1.807, 2.05) is 0 Å². The molecule has 0 aliphatic carbocycles. The summed E-state index contributed by atoms with van der Waals surface area (Å²) >= 11 is 0. The first-order chi connectivity index (χ1) is 21.8. The number of unbranched alkanes of at least 4 members (excludes halogenated alkanes) is 8. The molecule has 0 N–H and O–H groups in total. The molecule has 0 amide bonds. The van der Waals surface area contributed by atoms with Gasteiger partial charge in [0.2, 0.25) is 0 Å². The van der Waals surface area contributed by atoms with Gasteiger partial charge in [-0.05, 0) is 25.7 Å². The number of rotatable bonds is 35. The smallest absolute Gasteiger partial charge is 0.305 e. The van der Waals surface area contributed by atoms with Crippen LogP contribution in [0.4, 0.5) is 0 Å². The average Bonchev–Trinajstić information content (AvgIpc) is 3.04. The van der Waals surface area contributed by atoms with Crippen LogP contribution in [-0.2, 0) is 52.2 Å². The number of esters is 1. The monoisotopic (exact) mass is 636 g/mol. The summed E-state index contributed by atoms with van der Waals surface area (Å²) in [6, 6.07) is 0. The van der Waals surface area contributed by atoms with Gasteiger partial charge in [-0.2, -0.15) is 0 Å². The third-order valence-corrected chi connectivity index (χ3v) is 6.88. The third-order valence-electron chi connectivity index (χ3n) is 6.88. The highest BCUT2D eigenvalue weighted by molar-refractivity contribution is 5.69. The highest BCUT2D eigenvalue weighted by Gasteiger charge is 2.13. The van der Waals surface area contributed by atoms with Gasteiger partial charge >= 0.3 is 5.97 Å². The largest absolute Gasteiger partial charge is 0.463 e. The van der Waals surface area contributed by atoms with E-state index in [-0.39, 0.29) is 12.3 Å². The molecule has 1 unspecified atom stereocenters. The Bertz CT molecular complexity index is 576. The Labute approximate surface area is 267 Å². The number of hydrogen-bond acceptors (Lipinski definition) is 11. The van der Waals surface area contributed by atoms with Crippen molar-refractivity contribution >= 4 is 5.97 Å². The van der Waals surface area contributed by atoms with Crippen molar-refractivity contribution in [2.45, 2.75) is 96.7 Å². The first kappa shape index (κ1) is 41.1. The fraction of sp³-hybridized carbons (Fsp3) is 0.970. The highest BCUT2D eigenvalue weighted by Crippen LogP contribution is 2.13. The van der Waals surface area contributed by atoms with Gasteiger partial charge in [-0.25, -0.2) is 0 Å². The lowest BCUT2D eigenvalue weighted by Gasteiger charge is -2.22. The second-order valence-electron chi connectivity index (χ2n) is 10.8. The molecule has 0 aromatic carbocycles. The zero-order chi connectivity index (χ0) is 31.4. The number of hydrogen-bond donors (Lipinski definition) is 0. The molecule has 1 atom stereocenters. The summed E-state index contributed by atoms with van der Waals surface area (Å²) in [4.78, 5) is 11.8. The molecule has 11 heteroatoms. The van der Waals surface area contributed by atoms with Gasteiger partial charge in [-0.15, -0.1) is 0 Å². The minimum absolute atomic E-state index is 0.0651. The Morgan fingerprint density at radius 1 is 0.523 bits per heavy atom. The Hall–Kier alpha value is -0.890. The fourth-order valence-electron chi connectivity index (χ4n) is 4.37. The Morgan fingerprint density at radius 3 is 1.36 bits per heavy atom. The van der Waals surface area contributed by atoms with Crippen LogP contribution in [0.3, 0.4) is 0 Å². The maximum Gasteiger partial charge on any atom is 0.305 e. The Balaban J connectivity index is 1.64. The van der Waals surface area contributed by atoms with Crippen molar-refractivity contribution in [2.75, 3.05) is 112 Å². The first-order valence-corrected chi connectivity index (χ1v) is 17.3. The molecule has 0 spiro atoms. The van der Waals surface area contributed by atoms with Gasteiger partial charge < -0.3 is 47.4 Å². The van der Waals surface area contributed by atoms with Crippen LogP contribution in [0.5, 0.6) is 0 Å². The van der Waals surface area contributed by atoms with Crippen LogP contribution in [-0.4, -0.2) is 125 Å². The second-order valence-corrected chi connectivity index (χ2v) is 10.8. The van der Waals surface area contributed by atoms with Gasteiger partial charge in [0.05, 0.1) is 99.1 Å². The van der Waals surface area contributed by atoms with Crippen molar-refractivity contribution < 1.29 is 52.2 Å². The summed E-state index contributed by atoms with van der Waals surface area (Å²) in [5.41, 5.74) is 0. The van der Waals surface area contributed by atoms with Crippen molar-refractivity contribution in [3.05, 3.63) is 0 Å². The first-order valence-electron chi connectivity index (χ1n) is 17.3. The molecule has 11 nitrogen and oxygen atoms in total. The molecule has 0 radical (unpaired) electrons. The predicted octanol–water partition coefficient (Wildman–Crippen LogP) is 5.11. The summed E-state index contributed by atoms with van der Waals surface area (Å²) in [5.74, 6) is -0.133. The number of carbonyl (C=O) groups excluding carboxylic acids is 1. The molecule has 0 saturated carbocycles. The van der Waals surface area contributed by atoms with E-state index in [9.17, 15) is 4.79 Å². The van der Waals surface area contributed by atoms with E-state index in [1.54, 1.807) is 0 Å². The van der Waals surface area contributed by atoms with Gasteiger partial charge in [0.1, 0.15) is 6.61 Å². The minimum Gasteiger partial charge on any atom is -0.463 e. The lowest BCUT2D eigenvalue weighted by atomic mass is 10.1. The molecule has 262 valence electrons. The fourth-order valence-corrected chi connectivity index (χ4v) is 4.37. The van der Waals surface area contributed by atoms with Crippen molar-refractivity contribution in [1.82, 2.24) is 0 Å². The summed E-state index contributed by atoms with van der Waals surface area (Å²) in [5, 5.41) is 0. The molecule has 1 saturated heterocycles. The third kappa shape index (κ3) is 31.1. The maximum absolute atomic E-state index is 11.8. The van der Waals surface area contributed by atoms with E-state index in [0.717, 1.165) is 32.3 Å². The van der Waals surface area contributed by atoms with Crippen molar-refractivity contribution in [2.24, 2.45) is 0 Å². The molecule has 44 heavy (non-hydrogen) atoms. The molecule has 1 heterocycles. The van der Waals surface area contributed by atoms with E-state index < -0.39 is 0 Å². The topological polar surface area (TPSA) is 109 Å². The molecular weight excluding hydrogens is 572 g/mol. The normalized spacial score (nSPS) is 15.2. The van der Waals surface area contributed by atoms with Gasteiger partial charge in [-0.1, -0.05) is 58.3 Å². The quantitative estimate of drug-likeness (QED) is 0.0684. The van der Waals surface area contributed by atoms with Crippen molar-refractivity contribution in [3.63, 3.8) is 0 Å². The lowest BCUT2D eigenvalue weighted by molar-refractivity contribution is -0.169. The molecular formula is C33H64O11. The van der Waals surface area contributed by atoms with Crippen LogP contribution in [0.2, 0.25) is 0 Å². The Morgan fingerprint density at radius 2 is 0.932 bits per heavy atom. The van der Waals surface area contributed by atoms with Crippen LogP contribution >= 0.6 is 0 Å². The van der Waals surface area contributed by atoms with Crippen molar-refractivity contribution in [1.29, 1.82) is 0 Å². The van der Waals surface area contributed by atoms with E-state index in [2.05, 4.69) is 6.92 Å². The van der Waals surface area contributed by atoms with E-state index >= 15 is 0 Å².